The average molecular weight is 565 g/mol. The topological polar surface area (TPSA) is 130 Å². The first-order chi connectivity index (χ1) is 18.4. The van der Waals surface area contributed by atoms with Gasteiger partial charge in [-0.2, -0.15) is 24.9 Å². The first-order valence-corrected chi connectivity index (χ1v) is 12.8. The van der Waals surface area contributed by atoms with Gasteiger partial charge < -0.3 is 20.3 Å². The van der Waals surface area contributed by atoms with E-state index in [-0.39, 0.29) is 12.3 Å². The monoisotopic (exact) mass is 564 g/mol. The van der Waals surface area contributed by atoms with Crippen molar-refractivity contribution in [1.29, 1.82) is 0 Å². The van der Waals surface area contributed by atoms with Crippen molar-refractivity contribution < 1.29 is 37.5 Å². The number of thioether (sulfide) groups is 1. The third kappa shape index (κ3) is 10.6. The van der Waals surface area contributed by atoms with Gasteiger partial charge in [0.15, 0.2) is 0 Å². The first kappa shape index (κ1) is 31.1. The number of nitrogens with one attached hydrogen (secondary N) is 2. The predicted octanol–water partition coefficient (Wildman–Crippen LogP) is 3.95. The van der Waals surface area contributed by atoms with Crippen LogP contribution in [0.4, 0.5) is 18.9 Å². The number of amides is 2. The summed E-state index contributed by atoms with van der Waals surface area (Å²) in [6.45, 7) is 0. The lowest BCUT2D eigenvalue weighted by molar-refractivity contribution is -0.156. The van der Waals surface area contributed by atoms with Gasteiger partial charge >= 0.3 is 12.1 Å². The van der Waals surface area contributed by atoms with Crippen molar-refractivity contribution in [1.82, 2.24) is 14.9 Å². The van der Waals surface area contributed by atoms with Crippen LogP contribution in [0.15, 0.2) is 61.1 Å². The SMILES string of the molecule is CSCC[C@H](NC(=O)c1ccc(NC(=O)Cc2cn(C)cn2)cc1-c1ccccc1)C(=O)O.O=CC(F)(F)F. The van der Waals surface area contributed by atoms with Gasteiger partial charge in [-0.15, -0.1) is 0 Å². The largest absolute Gasteiger partial charge is 0.480 e. The number of hydrogen-bond donors (Lipinski definition) is 3. The fourth-order valence-corrected chi connectivity index (χ4v) is 3.80. The van der Waals surface area contributed by atoms with E-state index in [9.17, 15) is 32.7 Å². The Kier molecular flexibility index (Phi) is 11.7. The van der Waals surface area contributed by atoms with E-state index in [2.05, 4.69) is 15.6 Å². The first-order valence-electron chi connectivity index (χ1n) is 11.4. The Labute approximate surface area is 226 Å². The van der Waals surface area contributed by atoms with Crippen LogP contribution in [0.3, 0.4) is 0 Å². The Morgan fingerprint density at radius 1 is 1.15 bits per heavy atom. The van der Waals surface area contributed by atoms with Crippen molar-refractivity contribution in [2.45, 2.75) is 25.1 Å². The van der Waals surface area contributed by atoms with Crippen LogP contribution in [0.5, 0.6) is 0 Å². The highest BCUT2D eigenvalue weighted by atomic mass is 32.2. The Balaban J connectivity index is 0.000000798. The molecule has 0 spiro atoms. The van der Waals surface area contributed by atoms with E-state index < -0.39 is 30.4 Å². The zero-order valence-electron chi connectivity index (χ0n) is 21.1. The lowest BCUT2D eigenvalue weighted by Crippen LogP contribution is -2.41. The van der Waals surface area contributed by atoms with E-state index in [0.29, 0.717) is 34.7 Å². The number of halogens is 3. The van der Waals surface area contributed by atoms with Crippen molar-refractivity contribution in [3.05, 3.63) is 72.3 Å². The Morgan fingerprint density at radius 3 is 2.36 bits per heavy atom. The molecule has 0 radical (unpaired) electrons. The maximum Gasteiger partial charge on any atom is 0.446 e. The summed E-state index contributed by atoms with van der Waals surface area (Å²) in [5.74, 6) is -1.16. The van der Waals surface area contributed by atoms with E-state index in [0.717, 1.165) is 5.56 Å². The van der Waals surface area contributed by atoms with Crippen molar-refractivity contribution >= 4 is 41.5 Å². The molecular weight excluding hydrogens is 537 g/mol. The zero-order chi connectivity index (χ0) is 29.0. The van der Waals surface area contributed by atoms with E-state index in [1.54, 1.807) is 35.3 Å². The fraction of sp³-hybridized carbons (Fsp3) is 0.269. The Hall–Kier alpha value is -4.13. The smallest absolute Gasteiger partial charge is 0.446 e. The van der Waals surface area contributed by atoms with Crippen LogP contribution < -0.4 is 10.6 Å². The summed E-state index contributed by atoms with van der Waals surface area (Å²) in [5, 5.41) is 14.9. The van der Waals surface area contributed by atoms with Gasteiger partial charge in [-0.3, -0.25) is 14.4 Å². The maximum absolute atomic E-state index is 13.0. The van der Waals surface area contributed by atoms with Crippen molar-refractivity contribution in [3.63, 3.8) is 0 Å². The Bertz CT molecular complexity index is 1280. The van der Waals surface area contributed by atoms with Gasteiger partial charge in [-0.05, 0) is 47.8 Å². The van der Waals surface area contributed by atoms with E-state index in [1.165, 1.54) is 11.8 Å². The van der Waals surface area contributed by atoms with E-state index in [1.807, 2.05) is 43.6 Å². The predicted molar refractivity (Wildman–Crippen MR) is 141 cm³/mol. The minimum atomic E-state index is -4.64. The molecule has 9 nitrogen and oxygen atoms in total. The molecule has 1 aromatic heterocycles. The number of carbonyl (C=O) groups is 4. The maximum atomic E-state index is 13.0. The van der Waals surface area contributed by atoms with Crippen LogP contribution in [0, 0.1) is 0 Å². The molecular formula is C26H27F3N4O5S. The lowest BCUT2D eigenvalue weighted by Gasteiger charge is -2.17. The van der Waals surface area contributed by atoms with Crippen LogP contribution >= 0.6 is 11.8 Å². The number of aryl methyl sites for hydroxylation is 1. The molecule has 0 unspecified atom stereocenters. The third-order valence-corrected chi connectivity index (χ3v) is 5.72. The molecule has 0 saturated carbocycles. The number of nitrogens with zero attached hydrogens (tertiary/aromatic N) is 2. The second kappa shape index (κ2) is 14.7. The van der Waals surface area contributed by atoms with Crippen molar-refractivity contribution in [2.24, 2.45) is 7.05 Å². The lowest BCUT2D eigenvalue weighted by atomic mass is 9.98. The normalized spacial score (nSPS) is 11.5. The second-order valence-electron chi connectivity index (χ2n) is 8.19. The molecule has 3 N–H and O–H groups in total. The second-order valence-corrected chi connectivity index (χ2v) is 9.17. The fourth-order valence-electron chi connectivity index (χ4n) is 3.33. The van der Waals surface area contributed by atoms with Gasteiger partial charge in [0.2, 0.25) is 12.2 Å². The number of imidazole rings is 1. The van der Waals surface area contributed by atoms with Gasteiger partial charge in [0.05, 0.1) is 18.4 Å². The molecule has 0 aliphatic heterocycles. The molecule has 3 rings (SSSR count). The van der Waals surface area contributed by atoms with Gasteiger partial charge in [0.1, 0.15) is 6.04 Å². The number of carboxylic acids is 1. The standard InChI is InChI=1S/C24H26N4O4S.C2HF3O/c1-28-14-18(25-15-28)13-22(29)26-17-8-9-19(20(12-17)16-6-4-3-5-7-16)23(30)27-21(24(31)32)10-11-33-2;3-2(4,5)1-6/h3-9,12,14-15,21H,10-11,13H2,1-2H3,(H,26,29)(H,27,30)(H,31,32);1H/t21-;/m0./s1. The molecule has 13 heteroatoms. The van der Waals surface area contributed by atoms with E-state index >= 15 is 0 Å². The van der Waals surface area contributed by atoms with Crippen LogP contribution in [0.1, 0.15) is 22.5 Å². The number of rotatable bonds is 10. The molecule has 2 amide bonds. The highest BCUT2D eigenvalue weighted by Crippen LogP contribution is 2.27. The quantitative estimate of drug-likeness (QED) is 0.318. The molecule has 39 heavy (non-hydrogen) atoms. The minimum absolute atomic E-state index is 0.124. The van der Waals surface area contributed by atoms with Crippen molar-refractivity contribution in [2.75, 3.05) is 17.3 Å². The van der Waals surface area contributed by atoms with Gasteiger partial charge in [-0.25, -0.2) is 9.78 Å². The summed E-state index contributed by atoms with van der Waals surface area (Å²) in [6.07, 6.45) is 0.0393. The molecule has 1 heterocycles. The molecule has 208 valence electrons. The number of aliphatic carboxylic acids is 1. The van der Waals surface area contributed by atoms with Crippen LogP contribution in [-0.2, 0) is 27.9 Å². The molecule has 0 saturated heterocycles. The van der Waals surface area contributed by atoms with Crippen LogP contribution in [0.2, 0.25) is 0 Å². The number of carboxylic acid groups (broad SMARTS) is 1. The molecule has 1 atom stereocenters. The number of anilines is 1. The number of carbonyl (C=O) groups excluding carboxylic acids is 3. The van der Waals surface area contributed by atoms with Gasteiger partial charge in [0.25, 0.3) is 5.91 Å². The highest BCUT2D eigenvalue weighted by molar-refractivity contribution is 7.98. The zero-order valence-corrected chi connectivity index (χ0v) is 21.9. The summed E-state index contributed by atoms with van der Waals surface area (Å²) in [6, 6.07) is 13.2. The number of aldehydes is 1. The number of aromatic nitrogens is 2. The summed E-state index contributed by atoms with van der Waals surface area (Å²) in [5.41, 5.74) is 2.89. The van der Waals surface area contributed by atoms with Crippen LogP contribution in [-0.4, -0.2) is 63.0 Å². The summed E-state index contributed by atoms with van der Waals surface area (Å²) < 4.78 is 33.0. The number of alkyl halides is 3. The summed E-state index contributed by atoms with van der Waals surface area (Å²) in [4.78, 5) is 49.9. The van der Waals surface area contributed by atoms with Crippen LogP contribution in [0.25, 0.3) is 11.1 Å². The highest BCUT2D eigenvalue weighted by Gasteiger charge is 2.25. The summed E-state index contributed by atoms with van der Waals surface area (Å²) in [7, 11) is 1.83. The minimum Gasteiger partial charge on any atom is -0.480 e. The summed E-state index contributed by atoms with van der Waals surface area (Å²) >= 11 is 1.52. The van der Waals surface area contributed by atoms with Crippen molar-refractivity contribution in [3.8, 4) is 11.1 Å². The van der Waals surface area contributed by atoms with Gasteiger partial charge in [-0.1, -0.05) is 30.3 Å². The van der Waals surface area contributed by atoms with E-state index in [4.69, 9.17) is 4.79 Å². The average Bonchev–Trinajstić information content (AvgIpc) is 3.30. The third-order valence-electron chi connectivity index (χ3n) is 5.08. The number of hydrogen-bond acceptors (Lipinski definition) is 6. The van der Waals surface area contributed by atoms with Gasteiger partial charge in [0, 0.05) is 24.5 Å². The molecule has 0 bridgehead atoms. The molecule has 0 fully saturated rings. The molecule has 2 aromatic carbocycles. The molecule has 0 aliphatic carbocycles. The molecule has 3 aromatic rings. The Morgan fingerprint density at radius 2 is 1.82 bits per heavy atom. The number of benzene rings is 2. The molecule has 0 aliphatic rings.